The summed E-state index contributed by atoms with van der Waals surface area (Å²) in [6, 6.07) is 0.562. The molecule has 0 spiro atoms. The Labute approximate surface area is 95.0 Å². The molecule has 0 radical (unpaired) electrons. The lowest BCUT2D eigenvalue weighted by atomic mass is 9.80. The summed E-state index contributed by atoms with van der Waals surface area (Å²) in [5, 5.41) is 0. The van der Waals surface area contributed by atoms with Crippen molar-refractivity contribution < 1.29 is 0 Å². The molecule has 1 aliphatic carbocycles. The first-order valence-corrected chi connectivity index (χ1v) is 6.74. The molecule has 0 aromatic carbocycles. The quantitative estimate of drug-likeness (QED) is 0.524. The lowest BCUT2D eigenvalue weighted by Gasteiger charge is -2.31. The highest BCUT2D eigenvalue weighted by molar-refractivity contribution is 4.79. The Morgan fingerprint density at radius 2 is 1.93 bits per heavy atom. The first kappa shape index (κ1) is 13.0. The van der Waals surface area contributed by atoms with Gasteiger partial charge in [-0.25, -0.2) is 0 Å². The fraction of sp³-hybridized carbons (Fsp3) is 1.00. The molecule has 0 heterocycles. The second-order valence-corrected chi connectivity index (χ2v) is 5.30. The van der Waals surface area contributed by atoms with Crippen molar-refractivity contribution in [3.8, 4) is 0 Å². The van der Waals surface area contributed by atoms with Gasteiger partial charge in [-0.05, 0) is 31.1 Å². The standard InChI is InChI=1S/C13H28N2/c1-3-7-11(2)10-13(15-14)12-8-5-4-6-9-12/h11-13,15H,3-10,14H2,1-2H3. The molecule has 0 saturated heterocycles. The smallest absolute Gasteiger partial charge is 0.0241 e. The first-order valence-electron chi connectivity index (χ1n) is 6.74. The predicted molar refractivity (Wildman–Crippen MR) is 66.4 cm³/mol. The number of nitrogens with two attached hydrogens (primary N) is 1. The van der Waals surface area contributed by atoms with E-state index in [0.29, 0.717) is 6.04 Å². The Bertz CT molecular complexity index is 153. The summed E-state index contributed by atoms with van der Waals surface area (Å²) in [5.41, 5.74) is 3.06. The molecular formula is C13H28N2. The molecule has 0 aromatic rings. The van der Waals surface area contributed by atoms with Crippen LogP contribution in [0.5, 0.6) is 0 Å². The minimum absolute atomic E-state index is 0.562. The Balaban J connectivity index is 2.32. The van der Waals surface area contributed by atoms with Gasteiger partial charge >= 0.3 is 0 Å². The fourth-order valence-corrected chi connectivity index (χ4v) is 2.98. The van der Waals surface area contributed by atoms with Crippen LogP contribution in [0, 0.1) is 11.8 Å². The third-order valence-electron chi connectivity index (χ3n) is 3.87. The van der Waals surface area contributed by atoms with Crippen molar-refractivity contribution >= 4 is 0 Å². The average Bonchev–Trinajstić information content (AvgIpc) is 2.27. The molecule has 0 bridgehead atoms. The van der Waals surface area contributed by atoms with E-state index >= 15 is 0 Å². The van der Waals surface area contributed by atoms with Gasteiger partial charge in [0.1, 0.15) is 0 Å². The van der Waals surface area contributed by atoms with E-state index < -0.39 is 0 Å². The lowest BCUT2D eigenvalue weighted by Crippen LogP contribution is -2.42. The van der Waals surface area contributed by atoms with Crippen LogP contribution in [0.15, 0.2) is 0 Å². The molecular weight excluding hydrogens is 184 g/mol. The molecule has 2 atom stereocenters. The van der Waals surface area contributed by atoms with E-state index in [4.69, 9.17) is 5.84 Å². The predicted octanol–water partition coefficient (Wildman–Crippen LogP) is 3.22. The highest BCUT2D eigenvalue weighted by atomic mass is 15.2. The normalized spacial score (nSPS) is 22.6. The topological polar surface area (TPSA) is 38.0 Å². The Hall–Kier alpha value is -0.0800. The summed E-state index contributed by atoms with van der Waals surface area (Å²) in [6.45, 7) is 4.62. The Kier molecular flexibility index (Phi) is 6.26. The number of nitrogens with one attached hydrogen (secondary N) is 1. The summed E-state index contributed by atoms with van der Waals surface area (Å²) in [5.74, 6) is 7.35. The first-order chi connectivity index (χ1) is 7.27. The van der Waals surface area contributed by atoms with Crippen LogP contribution in [-0.4, -0.2) is 6.04 Å². The van der Waals surface area contributed by atoms with Gasteiger partial charge < -0.3 is 0 Å². The van der Waals surface area contributed by atoms with Crippen molar-refractivity contribution in [3.63, 3.8) is 0 Å². The van der Waals surface area contributed by atoms with Gasteiger partial charge in [-0.2, -0.15) is 0 Å². The number of rotatable bonds is 6. The maximum atomic E-state index is 5.70. The van der Waals surface area contributed by atoms with Crippen molar-refractivity contribution in [3.05, 3.63) is 0 Å². The average molecular weight is 212 g/mol. The molecule has 3 N–H and O–H groups in total. The number of hydrogen-bond acceptors (Lipinski definition) is 2. The minimum atomic E-state index is 0.562. The van der Waals surface area contributed by atoms with E-state index in [2.05, 4.69) is 19.3 Å². The molecule has 0 amide bonds. The maximum absolute atomic E-state index is 5.70. The Morgan fingerprint density at radius 3 is 2.47 bits per heavy atom. The molecule has 2 nitrogen and oxygen atoms in total. The van der Waals surface area contributed by atoms with Crippen LogP contribution in [0.4, 0.5) is 0 Å². The van der Waals surface area contributed by atoms with Gasteiger partial charge in [0.05, 0.1) is 0 Å². The monoisotopic (exact) mass is 212 g/mol. The molecule has 1 fully saturated rings. The molecule has 90 valence electrons. The molecule has 0 aliphatic heterocycles. The van der Waals surface area contributed by atoms with Gasteiger partial charge in [0.15, 0.2) is 0 Å². The number of hydrazine groups is 1. The molecule has 0 aromatic heterocycles. The van der Waals surface area contributed by atoms with Gasteiger partial charge in [-0.3, -0.25) is 11.3 Å². The van der Waals surface area contributed by atoms with Crippen LogP contribution in [0.3, 0.4) is 0 Å². The summed E-state index contributed by atoms with van der Waals surface area (Å²) in [6.07, 6.45) is 10.9. The van der Waals surface area contributed by atoms with Gasteiger partial charge in [0, 0.05) is 6.04 Å². The molecule has 1 rings (SSSR count). The van der Waals surface area contributed by atoms with Crippen LogP contribution in [0.1, 0.15) is 65.2 Å². The van der Waals surface area contributed by atoms with E-state index in [-0.39, 0.29) is 0 Å². The van der Waals surface area contributed by atoms with Gasteiger partial charge in [0.25, 0.3) is 0 Å². The summed E-state index contributed by atoms with van der Waals surface area (Å²) < 4.78 is 0. The third kappa shape index (κ3) is 4.52. The molecule has 2 heteroatoms. The zero-order valence-corrected chi connectivity index (χ0v) is 10.5. The van der Waals surface area contributed by atoms with Crippen molar-refractivity contribution in [2.45, 2.75) is 71.3 Å². The highest BCUT2D eigenvalue weighted by Crippen LogP contribution is 2.29. The van der Waals surface area contributed by atoms with Crippen LogP contribution in [0.2, 0.25) is 0 Å². The van der Waals surface area contributed by atoms with Crippen molar-refractivity contribution in [1.29, 1.82) is 0 Å². The van der Waals surface area contributed by atoms with Gasteiger partial charge in [-0.1, -0.05) is 46.0 Å². The largest absolute Gasteiger partial charge is 0.271 e. The van der Waals surface area contributed by atoms with E-state index in [1.807, 2.05) is 0 Å². The van der Waals surface area contributed by atoms with E-state index in [9.17, 15) is 0 Å². The zero-order chi connectivity index (χ0) is 11.1. The zero-order valence-electron chi connectivity index (χ0n) is 10.5. The van der Waals surface area contributed by atoms with E-state index in [1.165, 1.54) is 51.4 Å². The minimum Gasteiger partial charge on any atom is -0.271 e. The molecule has 15 heavy (non-hydrogen) atoms. The summed E-state index contributed by atoms with van der Waals surface area (Å²) in [4.78, 5) is 0. The van der Waals surface area contributed by atoms with E-state index in [0.717, 1.165) is 11.8 Å². The maximum Gasteiger partial charge on any atom is 0.0241 e. The number of hydrogen-bond donors (Lipinski definition) is 2. The second-order valence-electron chi connectivity index (χ2n) is 5.30. The van der Waals surface area contributed by atoms with Crippen LogP contribution >= 0.6 is 0 Å². The van der Waals surface area contributed by atoms with Crippen molar-refractivity contribution in [1.82, 2.24) is 5.43 Å². The molecule has 1 aliphatic rings. The lowest BCUT2D eigenvalue weighted by molar-refractivity contribution is 0.235. The molecule has 2 unspecified atom stereocenters. The SMILES string of the molecule is CCCC(C)CC(NN)C1CCCCC1. The van der Waals surface area contributed by atoms with E-state index in [1.54, 1.807) is 0 Å². The highest BCUT2D eigenvalue weighted by Gasteiger charge is 2.23. The van der Waals surface area contributed by atoms with Crippen molar-refractivity contribution in [2.24, 2.45) is 17.7 Å². The van der Waals surface area contributed by atoms with Gasteiger partial charge in [0.2, 0.25) is 0 Å². The fourth-order valence-electron chi connectivity index (χ4n) is 2.98. The third-order valence-corrected chi connectivity index (χ3v) is 3.87. The summed E-state index contributed by atoms with van der Waals surface area (Å²) in [7, 11) is 0. The molecule has 1 saturated carbocycles. The van der Waals surface area contributed by atoms with Crippen molar-refractivity contribution in [2.75, 3.05) is 0 Å². The van der Waals surface area contributed by atoms with Crippen LogP contribution < -0.4 is 11.3 Å². The van der Waals surface area contributed by atoms with Crippen LogP contribution in [0.25, 0.3) is 0 Å². The van der Waals surface area contributed by atoms with Gasteiger partial charge in [-0.15, -0.1) is 0 Å². The second kappa shape index (κ2) is 7.24. The Morgan fingerprint density at radius 1 is 1.27 bits per heavy atom. The van der Waals surface area contributed by atoms with Crippen LogP contribution in [-0.2, 0) is 0 Å². The summed E-state index contributed by atoms with van der Waals surface area (Å²) >= 11 is 0.